The van der Waals surface area contributed by atoms with Gasteiger partial charge in [0.25, 0.3) is 0 Å². The summed E-state index contributed by atoms with van der Waals surface area (Å²) in [5.74, 6) is -0.442. The second kappa shape index (κ2) is 5.80. The van der Waals surface area contributed by atoms with Gasteiger partial charge in [-0.3, -0.25) is 0 Å². The number of rotatable bonds is 1. The summed E-state index contributed by atoms with van der Waals surface area (Å²) in [7, 11) is 0. The predicted molar refractivity (Wildman–Crippen MR) is 108 cm³/mol. The molecule has 4 aliphatic rings. The zero-order valence-corrected chi connectivity index (χ0v) is 16.8. The van der Waals surface area contributed by atoms with Crippen molar-refractivity contribution in [1.29, 1.82) is 0 Å². The van der Waals surface area contributed by atoms with Gasteiger partial charge in [0.05, 0.1) is 29.8 Å². The van der Waals surface area contributed by atoms with E-state index in [1.807, 2.05) is 6.20 Å². The van der Waals surface area contributed by atoms with Gasteiger partial charge in [0.1, 0.15) is 0 Å². The molecule has 28 heavy (non-hydrogen) atoms. The van der Waals surface area contributed by atoms with Crippen molar-refractivity contribution in [1.82, 2.24) is 9.78 Å². The predicted octanol–water partition coefficient (Wildman–Crippen LogP) is 4.97. The molecule has 1 saturated heterocycles. The van der Waals surface area contributed by atoms with Gasteiger partial charge in [-0.05, 0) is 56.4 Å². The molecule has 1 spiro atoms. The first-order valence-electron chi connectivity index (χ1n) is 10.8. The molecule has 0 N–H and O–H groups in total. The van der Waals surface area contributed by atoms with Gasteiger partial charge in [0, 0.05) is 11.8 Å². The summed E-state index contributed by atoms with van der Waals surface area (Å²) in [6, 6.07) is 8.60. The largest absolute Gasteiger partial charge is 0.343 e. The highest BCUT2D eigenvalue weighted by atomic mass is 16.8. The van der Waals surface area contributed by atoms with Crippen LogP contribution in [0.15, 0.2) is 36.0 Å². The SMILES string of the molecule is Cc1ccc(-n2ncc3c2C=C2CCC4(O[C@H]5CCCC[C@@H]5O4)[C@@]2(C)C3)cc1. The molecule has 6 rings (SSSR count). The van der Waals surface area contributed by atoms with Crippen LogP contribution < -0.4 is 0 Å². The molecule has 3 fully saturated rings. The molecule has 0 unspecified atom stereocenters. The van der Waals surface area contributed by atoms with Gasteiger partial charge in [-0.25, -0.2) is 4.68 Å². The molecule has 3 atom stereocenters. The molecule has 1 aromatic carbocycles. The number of nitrogens with zero attached hydrogens (tertiary/aromatic N) is 2. The van der Waals surface area contributed by atoms with Gasteiger partial charge in [0.15, 0.2) is 5.79 Å². The van der Waals surface area contributed by atoms with Crippen molar-refractivity contribution in [2.75, 3.05) is 0 Å². The zero-order valence-electron chi connectivity index (χ0n) is 16.8. The van der Waals surface area contributed by atoms with Crippen molar-refractivity contribution in [2.24, 2.45) is 5.41 Å². The second-order valence-corrected chi connectivity index (χ2v) is 9.33. The topological polar surface area (TPSA) is 36.3 Å². The lowest BCUT2D eigenvalue weighted by molar-refractivity contribution is -0.224. The Morgan fingerprint density at radius 3 is 2.50 bits per heavy atom. The number of hydrogen-bond donors (Lipinski definition) is 0. The molecule has 3 aliphatic carbocycles. The molecule has 2 saturated carbocycles. The molecule has 2 heterocycles. The van der Waals surface area contributed by atoms with Crippen LogP contribution >= 0.6 is 0 Å². The molecule has 146 valence electrons. The Labute approximate surface area is 166 Å². The molecule has 0 amide bonds. The number of fused-ring (bicyclic) bond motifs is 4. The standard InChI is InChI=1S/C24H28N2O2/c1-16-7-9-19(10-8-16)26-20-13-18-11-12-24(23(18,2)14-17(20)15-25-26)27-21-5-3-4-6-22(21)28-24/h7-10,13,15,21-22H,3-6,11-12,14H2,1-2H3/t21-,22-,23-/m0/s1. The third-order valence-corrected chi connectivity index (χ3v) is 7.62. The number of aromatic nitrogens is 2. The maximum Gasteiger partial charge on any atom is 0.178 e. The van der Waals surface area contributed by atoms with Crippen LogP contribution in [0.25, 0.3) is 11.8 Å². The highest BCUT2D eigenvalue weighted by Gasteiger charge is 2.63. The summed E-state index contributed by atoms with van der Waals surface area (Å²) in [6.07, 6.45) is 12.8. The fourth-order valence-electron chi connectivity index (χ4n) is 5.92. The van der Waals surface area contributed by atoms with E-state index in [1.165, 1.54) is 35.2 Å². The van der Waals surface area contributed by atoms with Gasteiger partial charge < -0.3 is 9.47 Å². The van der Waals surface area contributed by atoms with E-state index >= 15 is 0 Å². The highest BCUT2D eigenvalue weighted by molar-refractivity contribution is 5.62. The Bertz CT molecular complexity index is 943. The van der Waals surface area contributed by atoms with Crippen LogP contribution in [0.5, 0.6) is 0 Å². The monoisotopic (exact) mass is 376 g/mol. The lowest BCUT2D eigenvalue weighted by Gasteiger charge is -2.42. The number of aryl methyl sites for hydroxylation is 1. The minimum atomic E-state index is -0.442. The number of ether oxygens (including phenoxy) is 2. The minimum absolute atomic E-state index is 0.0848. The molecule has 2 aromatic rings. The molecule has 4 heteroatoms. The van der Waals surface area contributed by atoms with E-state index in [0.29, 0.717) is 12.2 Å². The lowest BCUT2D eigenvalue weighted by Crippen LogP contribution is -2.46. The van der Waals surface area contributed by atoms with E-state index in [9.17, 15) is 0 Å². The Morgan fingerprint density at radius 1 is 1.07 bits per heavy atom. The molecule has 1 aliphatic heterocycles. The van der Waals surface area contributed by atoms with E-state index in [-0.39, 0.29) is 5.41 Å². The summed E-state index contributed by atoms with van der Waals surface area (Å²) in [4.78, 5) is 0. The molecule has 1 aromatic heterocycles. The van der Waals surface area contributed by atoms with E-state index in [1.54, 1.807) is 0 Å². The Balaban J connectivity index is 1.38. The summed E-state index contributed by atoms with van der Waals surface area (Å²) in [5, 5.41) is 4.73. The van der Waals surface area contributed by atoms with E-state index in [0.717, 1.165) is 37.8 Å². The maximum atomic E-state index is 6.72. The van der Waals surface area contributed by atoms with Gasteiger partial charge in [-0.2, -0.15) is 5.10 Å². The Morgan fingerprint density at radius 2 is 1.79 bits per heavy atom. The van der Waals surface area contributed by atoms with E-state index in [2.05, 4.69) is 48.9 Å². The van der Waals surface area contributed by atoms with Gasteiger partial charge in [-0.15, -0.1) is 0 Å². The van der Waals surface area contributed by atoms with Crippen LogP contribution in [-0.2, 0) is 15.9 Å². The van der Waals surface area contributed by atoms with Crippen LogP contribution in [0.1, 0.15) is 62.3 Å². The van der Waals surface area contributed by atoms with Crippen LogP contribution in [0.3, 0.4) is 0 Å². The third-order valence-electron chi connectivity index (χ3n) is 7.62. The lowest BCUT2D eigenvalue weighted by atomic mass is 9.72. The molecule has 0 bridgehead atoms. The van der Waals surface area contributed by atoms with Crippen molar-refractivity contribution < 1.29 is 9.47 Å². The maximum absolute atomic E-state index is 6.72. The fourth-order valence-corrected chi connectivity index (χ4v) is 5.92. The van der Waals surface area contributed by atoms with Crippen LogP contribution in [0.4, 0.5) is 0 Å². The molecule has 0 radical (unpaired) electrons. The van der Waals surface area contributed by atoms with Crippen molar-refractivity contribution in [3.63, 3.8) is 0 Å². The molecule has 4 nitrogen and oxygen atoms in total. The average molecular weight is 377 g/mol. The third kappa shape index (κ3) is 2.22. The van der Waals surface area contributed by atoms with Crippen molar-refractivity contribution in [3.8, 4) is 5.69 Å². The van der Waals surface area contributed by atoms with Crippen LogP contribution in [0, 0.1) is 12.3 Å². The van der Waals surface area contributed by atoms with Crippen molar-refractivity contribution in [3.05, 3.63) is 52.9 Å². The van der Waals surface area contributed by atoms with Crippen molar-refractivity contribution >= 4 is 6.08 Å². The summed E-state index contributed by atoms with van der Waals surface area (Å²) >= 11 is 0. The summed E-state index contributed by atoms with van der Waals surface area (Å²) in [5.41, 5.74) is 6.30. The average Bonchev–Trinajstić information content (AvgIpc) is 3.35. The second-order valence-electron chi connectivity index (χ2n) is 9.33. The van der Waals surface area contributed by atoms with Gasteiger partial charge in [-0.1, -0.05) is 43.0 Å². The van der Waals surface area contributed by atoms with Crippen LogP contribution in [0.2, 0.25) is 0 Å². The normalized spacial score (nSPS) is 32.7. The minimum Gasteiger partial charge on any atom is -0.343 e. The van der Waals surface area contributed by atoms with E-state index < -0.39 is 5.79 Å². The molecular weight excluding hydrogens is 348 g/mol. The smallest absolute Gasteiger partial charge is 0.178 e. The first kappa shape index (κ1) is 17.0. The Kier molecular flexibility index (Phi) is 3.52. The number of hydrogen-bond acceptors (Lipinski definition) is 3. The Hall–Kier alpha value is -1.91. The highest BCUT2D eigenvalue weighted by Crippen LogP contribution is 2.61. The molecular formula is C24H28N2O2. The van der Waals surface area contributed by atoms with Gasteiger partial charge in [0.2, 0.25) is 0 Å². The quantitative estimate of drug-likeness (QED) is 0.705. The van der Waals surface area contributed by atoms with Crippen LogP contribution in [-0.4, -0.2) is 27.8 Å². The zero-order chi connectivity index (χ0) is 18.9. The first-order chi connectivity index (χ1) is 13.6. The number of benzene rings is 1. The van der Waals surface area contributed by atoms with E-state index in [4.69, 9.17) is 14.6 Å². The fraction of sp³-hybridized carbons (Fsp3) is 0.542. The van der Waals surface area contributed by atoms with Crippen molar-refractivity contribution in [2.45, 2.75) is 76.8 Å². The summed E-state index contributed by atoms with van der Waals surface area (Å²) in [6.45, 7) is 4.47. The first-order valence-corrected chi connectivity index (χ1v) is 10.8. The summed E-state index contributed by atoms with van der Waals surface area (Å²) < 4.78 is 15.5. The van der Waals surface area contributed by atoms with Gasteiger partial charge >= 0.3 is 0 Å².